The molecule has 0 fully saturated rings. The molecular formula is C6H8N2S. The van der Waals surface area contributed by atoms with E-state index in [2.05, 4.69) is 4.98 Å². The lowest BCUT2D eigenvalue weighted by Crippen LogP contribution is -1.87. The van der Waals surface area contributed by atoms with Crippen LogP contribution in [0, 0.1) is 0 Å². The SMILES string of the molecule is CSc1ccncc1N. The summed E-state index contributed by atoms with van der Waals surface area (Å²) in [6.07, 6.45) is 5.39. The molecule has 2 N–H and O–H groups in total. The van der Waals surface area contributed by atoms with Gasteiger partial charge in [0.1, 0.15) is 0 Å². The molecule has 9 heavy (non-hydrogen) atoms. The number of anilines is 1. The Morgan fingerprint density at radius 3 is 2.89 bits per heavy atom. The van der Waals surface area contributed by atoms with Gasteiger partial charge in [-0.15, -0.1) is 11.8 Å². The molecule has 0 spiro atoms. The molecule has 0 radical (unpaired) electrons. The van der Waals surface area contributed by atoms with Gasteiger partial charge in [-0.2, -0.15) is 0 Å². The molecule has 0 aliphatic heterocycles. The zero-order valence-corrected chi connectivity index (χ0v) is 5.98. The maximum Gasteiger partial charge on any atom is 0.0638 e. The Kier molecular flexibility index (Phi) is 1.95. The zero-order valence-electron chi connectivity index (χ0n) is 5.16. The van der Waals surface area contributed by atoms with E-state index in [1.807, 2.05) is 12.3 Å². The van der Waals surface area contributed by atoms with E-state index in [1.165, 1.54) is 0 Å². The van der Waals surface area contributed by atoms with Gasteiger partial charge in [-0.25, -0.2) is 0 Å². The average Bonchev–Trinajstić information content (AvgIpc) is 1.89. The summed E-state index contributed by atoms with van der Waals surface area (Å²) >= 11 is 1.63. The van der Waals surface area contributed by atoms with E-state index in [0.717, 1.165) is 10.6 Å². The molecule has 0 aliphatic carbocycles. The van der Waals surface area contributed by atoms with Gasteiger partial charge in [0.05, 0.1) is 11.9 Å². The van der Waals surface area contributed by atoms with Gasteiger partial charge in [-0.3, -0.25) is 4.98 Å². The Morgan fingerprint density at radius 1 is 1.67 bits per heavy atom. The van der Waals surface area contributed by atoms with E-state index >= 15 is 0 Å². The quantitative estimate of drug-likeness (QED) is 0.599. The van der Waals surface area contributed by atoms with Crippen LogP contribution in [0.15, 0.2) is 23.4 Å². The summed E-state index contributed by atoms with van der Waals surface area (Å²) in [4.78, 5) is 4.94. The van der Waals surface area contributed by atoms with Crippen LogP contribution in [-0.2, 0) is 0 Å². The first kappa shape index (κ1) is 6.42. The molecule has 0 bridgehead atoms. The molecule has 1 aromatic rings. The highest BCUT2D eigenvalue weighted by Gasteiger charge is 1.92. The second kappa shape index (κ2) is 2.73. The van der Waals surface area contributed by atoms with Gasteiger partial charge >= 0.3 is 0 Å². The fourth-order valence-electron chi connectivity index (χ4n) is 0.580. The number of aromatic nitrogens is 1. The van der Waals surface area contributed by atoms with Crippen molar-refractivity contribution in [3.63, 3.8) is 0 Å². The minimum atomic E-state index is 0.755. The molecule has 0 atom stereocenters. The summed E-state index contributed by atoms with van der Waals surface area (Å²) in [6.45, 7) is 0. The van der Waals surface area contributed by atoms with Crippen LogP contribution in [0.2, 0.25) is 0 Å². The average molecular weight is 140 g/mol. The first-order chi connectivity index (χ1) is 4.34. The minimum Gasteiger partial charge on any atom is -0.397 e. The standard InChI is InChI=1S/C6H8N2S/c1-9-6-2-3-8-4-5(6)7/h2-4H,7H2,1H3. The van der Waals surface area contributed by atoms with Gasteiger partial charge in [0, 0.05) is 11.1 Å². The summed E-state index contributed by atoms with van der Waals surface area (Å²) in [7, 11) is 0. The third-order valence-electron chi connectivity index (χ3n) is 1.03. The van der Waals surface area contributed by atoms with E-state index in [1.54, 1.807) is 24.2 Å². The van der Waals surface area contributed by atoms with Crippen molar-refractivity contribution in [3.8, 4) is 0 Å². The first-order valence-corrected chi connectivity index (χ1v) is 3.80. The van der Waals surface area contributed by atoms with Crippen LogP contribution in [0.5, 0.6) is 0 Å². The minimum absolute atomic E-state index is 0.755. The third-order valence-corrected chi connectivity index (χ3v) is 1.84. The van der Waals surface area contributed by atoms with Crippen LogP contribution >= 0.6 is 11.8 Å². The lowest BCUT2D eigenvalue weighted by Gasteiger charge is -1.97. The van der Waals surface area contributed by atoms with Crippen LogP contribution in [-0.4, -0.2) is 11.2 Å². The number of rotatable bonds is 1. The zero-order chi connectivity index (χ0) is 6.69. The van der Waals surface area contributed by atoms with Gasteiger partial charge in [-0.05, 0) is 12.3 Å². The largest absolute Gasteiger partial charge is 0.397 e. The molecule has 0 aliphatic rings. The van der Waals surface area contributed by atoms with Crippen molar-refractivity contribution in [2.24, 2.45) is 0 Å². The highest BCUT2D eigenvalue weighted by molar-refractivity contribution is 7.98. The fraction of sp³-hybridized carbons (Fsp3) is 0.167. The molecule has 0 amide bonds. The highest BCUT2D eigenvalue weighted by atomic mass is 32.2. The summed E-state index contributed by atoms with van der Waals surface area (Å²) in [6, 6.07) is 1.90. The topological polar surface area (TPSA) is 38.9 Å². The molecule has 2 nitrogen and oxygen atoms in total. The lowest BCUT2D eigenvalue weighted by molar-refractivity contribution is 1.27. The fourth-order valence-corrected chi connectivity index (χ4v) is 1.07. The van der Waals surface area contributed by atoms with E-state index in [0.29, 0.717) is 0 Å². The smallest absolute Gasteiger partial charge is 0.0638 e. The van der Waals surface area contributed by atoms with Crippen molar-refractivity contribution >= 4 is 17.4 Å². The number of pyridine rings is 1. The number of nitrogens with two attached hydrogens (primary N) is 1. The number of nitrogens with zero attached hydrogens (tertiary/aromatic N) is 1. The summed E-state index contributed by atoms with van der Waals surface area (Å²) in [5, 5.41) is 0. The van der Waals surface area contributed by atoms with Crippen LogP contribution in [0.3, 0.4) is 0 Å². The molecule has 0 saturated heterocycles. The molecule has 0 saturated carbocycles. The number of thioether (sulfide) groups is 1. The Hall–Kier alpha value is -0.700. The second-order valence-electron chi connectivity index (χ2n) is 1.62. The van der Waals surface area contributed by atoms with Crippen LogP contribution in [0.1, 0.15) is 0 Å². The van der Waals surface area contributed by atoms with Crippen molar-refractivity contribution in [1.82, 2.24) is 4.98 Å². The lowest BCUT2D eigenvalue weighted by atomic mass is 10.4. The Labute approximate surface area is 58.5 Å². The summed E-state index contributed by atoms with van der Waals surface area (Å²) < 4.78 is 0. The molecule has 0 aromatic carbocycles. The van der Waals surface area contributed by atoms with E-state index in [9.17, 15) is 0 Å². The number of hydrogen-bond donors (Lipinski definition) is 1. The summed E-state index contributed by atoms with van der Waals surface area (Å²) in [5.41, 5.74) is 6.30. The normalized spacial score (nSPS) is 9.44. The maximum absolute atomic E-state index is 5.55. The first-order valence-electron chi connectivity index (χ1n) is 2.58. The van der Waals surface area contributed by atoms with E-state index in [-0.39, 0.29) is 0 Å². The van der Waals surface area contributed by atoms with E-state index < -0.39 is 0 Å². The van der Waals surface area contributed by atoms with Crippen molar-refractivity contribution in [3.05, 3.63) is 18.5 Å². The second-order valence-corrected chi connectivity index (χ2v) is 2.47. The molecule has 1 aromatic heterocycles. The predicted molar refractivity (Wildman–Crippen MR) is 40.4 cm³/mol. The van der Waals surface area contributed by atoms with Gasteiger partial charge < -0.3 is 5.73 Å². The van der Waals surface area contributed by atoms with Crippen molar-refractivity contribution < 1.29 is 0 Å². The van der Waals surface area contributed by atoms with Crippen molar-refractivity contribution in [1.29, 1.82) is 0 Å². The molecular weight excluding hydrogens is 132 g/mol. The molecule has 3 heteroatoms. The van der Waals surface area contributed by atoms with Crippen molar-refractivity contribution in [2.45, 2.75) is 4.90 Å². The Morgan fingerprint density at radius 2 is 2.44 bits per heavy atom. The van der Waals surface area contributed by atoms with Crippen LogP contribution in [0.4, 0.5) is 5.69 Å². The van der Waals surface area contributed by atoms with Crippen LogP contribution in [0.25, 0.3) is 0 Å². The molecule has 48 valence electrons. The summed E-state index contributed by atoms with van der Waals surface area (Å²) in [5.74, 6) is 0. The number of hydrogen-bond acceptors (Lipinski definition) is 3. The maximum atomic E-state index is 5.55. The molecule has 1 rings (SSSR count). The Bertz CT molecular complexity index is 200. The monoisotopic (exact) mass is 140 g/mol. The van der Waals surface area contributed by atoms with Crippen molar-refractivity contribution in [2.75, 3.05) is 12.0 Å². The van der Waals surface area contributed by atoms with E-state index in [4.69, 9.17) is 5.73 Å². The molecule has 0 unspecified atom stereocenters. The van der Waals surface area contributed by atoms with Crippen LogP contribution < -0.4 is 5.73 Å². The molecule has 1 heterocycles. The number of nitrogen functional groups attached to an aromatic ring is 1. The highest BCUT2D eigenvalue weighted by Crippen LogP contribution is 2.19. The predicted octanol–water partition coefficient (Wildman–Crippen LogP) is 1.39. The Balaban J connectivity index is 3.01. The van der Waals surface area contributed by atoms with Gasteiger partial charge in [0.25, 0.3) is 0 Å². The van der Waals surface area contributed by atoms with Gasteiger partial charge in [-0.1, -0.05) is 0 Å². The van der Waals surface area contributed by atoms with Gasteiger partial charge in [0.15, 0.2) is 0 Å². The van der Waals surface area contributed by atoms with Gasteiger partial charge in [0.2, 0.25) is 0 Å². The third kappa shape index (κ3) is 1.36.